The van der Waals surface area contributed by atoms with Crippen LogP contribution in [-0.4, -0.2) is 53.1 Å². The number of aryl methyl sites for hydroxylation is 1. The summed E-state index contributed by atoms with van der Waals surface area (Å²) in [5, 5.41) is 1.11. The molecule has 0 saturated carbocycles. The number of halogens is 2. The molecule has 2 aromatic heterocycles. The van der Waals surface area contributed by atoms with Crippen LogP contribution in [0, 0.1) is 0 Å². The van der Waals surface area contributed by atoms with E-state index in [0.29, 0.717) is 23.1 Å². The molecule has 4 heterocycles. The Bertz CT molecular complexity index is 1770. The van der Waals surface area contributed by atoms with Crippen molar-refractivity contribution in [1.29, 1.82) is 0 Å². The number of carbonyl (C=O) groups is 1. The van der Waals surface area contributed by atoms with Crippen molar-refractivity contribution in [2.75, 3.05) is 42.5 Å². The molecular formula is C32H29Cl2N5OS. The summed E-state index contributed by atoms with van der Waals surface area (Å²) in [4.78, 5) is 27.2. The minimum Gasteiger partial charge on any atom is -0.368 e. The Kier molecular flexibility index (Phi) is 6.89. The fourth-order valence-electron chi connectivity index (χ4n) is 5.91. The topological polar surface area (TPSA) is 44.6 Å². The lowest BCUT2D eigenvalue weighted by Crippen LogP contribution is -2.48. The Morgan fingerprint density at radius 3 is 2.44 bits per heavy atom. The molecule has 208 valence electrons. The molecule has 1 fully saturated rings. The highest BCUT2D eigenvalue weighted by atomic mass is 35.5. The van der Waals surface area contributed by atoms with E-state index in [1.807, 2.05) is 35.2 Å². The summed E-state index contributed by atoms with van der Waals surface area (Å²) < 4.78 is 2.16. The molecule has 3 aromatic carbocycles. The van der Waals surface area contributed by atoms with Gasteiger partial charge in [-0.05, 0) is 60.5 Å². The molecule has 6 nitrogen and oxygen atoms in total. The minimum absolute atomic E-state index is 0.133. The van der Waals surface area contributed by atoms with E-state index >= 15 is 0 Å². The molecule has 0 aliphatic carbocycles. The Morgan fingerprint density at radius 1 is 0.829 bits per heavy atom. The molecule has 5 aromatic rings. The Labute approximate surface area is 253 Å². The van der Waals surface area contributed by atoms with Gasteiger partial charge in [0.1, 0.15) is 5.82 Å². The summed E-state index contributed by atoms with van der Waals surface area (Å²) in [5.74, 6) is 1.10. The second-order valence-electron chi connectivity index (χ2n) is 10.6. The number of hydrogen-bond donors (Lipinski definition) is 0. The second-order valence-corrected chi connectivity index (χ2v) is 12.6. The lowest BCUT2D eigenvalue weighted by Gasteiger charge is -2.36. The van der Waals surface area contributed by atoms with Crippen LogP contribution >= 0.6 is 34.5 Å². The highest BCUT2D eigenvalue weighted by molar-refractivity contribution is 7.14. The largest absolute Gasteiger partial charge is 0.368 e. The van der Waals surface area contributed by atoms with Gasteiger partial charge in [-0.2, -0.15) is 0 Å². The maximum atomic E-state index is 13.5. The van der Waals surface area contributed by atoms with Crippen molar-refractivity contribution in [2.45, 2.75) is 13.0 Å². The summed E-state index contributed by atoms with van der Waals surface area (Å²) in [7, 11) is 2.07. The first-order valence-corrected chi connectivity index (χ1v) is 15.4. The maximum Gasteiger partial charge on any atom is 0.264 e. The molecule has 2 aliphatic heterocycles. The highest BCUT2D eigenvalue weighted by Crippen LogP contribution is 2.34. The van der Waals surface area contributed by atoms with Crippen LogP contribution in [0.3, 0.4) is 0 Å². The lowest BCUT2D eigenvalue weighted by molar-refractivity contribution is 0.0751. The summed E-state index contributed by atoms with van der Waals surface area (Å²) in [6.07, 6.45) is 0.939. The van der Waals surface area contributed by atoms with Crippen LogP contribution in [0.5, 0.6) is 0 Å². The molecule has 1 amide bonds. The van der Waals surface area contributed by atoms with E-state index in [4.69, 9.17) is 28.2 Å². The molecule has 7 rings (SSSR count). The van der Waals surface area contributed by atoms with Gasteiger partial charge >= 0.3 is 0 Å². The first-order chi connectivity index (χ1) is 19.9. The van der Waals surface area contributed by atoms with Gasteiger partial charge in [0.25, 0.3) is 5.91 Å². The van der Waals surface area contributed by atoms with E-state index in [-0.39, 0.29) is 5.91 Å². The van der Waals surface area contributed by atoms with Crippen molar-refractivity contribution >= 4 is 62.9 Å². The lowest BCUT2D eigenvalue weighted by atomic mass is 10.1. The molecule has 0 radical (unpaired) electrons. The number of fused-ring (bicyclic) bond motifs is 2. The maximum absolute atomic E-state index is 13.5. The van der Waals surface area contributed by atoms with Gasteiger partial charge in [-0.3, -0.25) is 4.79 Å². The average Bonchev–Trinajstić information content (AvgIpc) is 3.59. The number of thiophene rings is 1. The number of nitrogens with zero attached hydrogens (tertiary/aromatic N) is 5. The number of carbonyl (C=O) groups excluding carboxylic acids is 1. The normalized spacial score (nSPS) is 15.4. The molecule has 1 saturated heterocycles. The van der Waals surface area contributed by atoms with Gasteiger partial charge in [0.2, 0.25) is 0 Å². The third-order valence-corrected chi connectivity index (χ3v) is 10.1. The molecule has 41 heavy (non-hydrogen) atoms. The van der Waals surface area contributed by atoms with E-state index in [0.717, 1.165) is 65.6 Å². The first-order valence-electron chi connectivity index (χ1n) is 13.8. The number of rotatable bonds is 4. The number of benzene rings is 3. The van der Waals surface area contributed by atoms with Gasteiger partial charge in [-0.1, -0.05) is 47.5 Å². The fraction of sp³-hybridized carbons (Fsp3) is 0.250. The molecule has 0 bridgehead atoms. The minimum atomic E-state index is 0.133. The number of anilines is 2. The van der Waals surface area contributed by atoms with Crippen molar-refractivity contribution in [3.05, 3.63) is 98.2 Å². The van der Waals surface area contributed by atoms with E-state index in [2.05, 4.69) is 63.9 Å². The van der Waals surface area contributed by atoms with Gasteiger partial charge in [-0.15, -0.1) is 11.3 Å². The van der Waals surface area contributed by atoms with Crippen LogP contribution in [0.15, 0.2) is 72.8 Å². The zero-order valence-corrected chi connectivity index (χ0v) is 25.0. The predicted molar refractivity (Wildman–Crippen MR) is 170 cm³/mol. The second kappa shape index (κ2) is 10.7. The van der Waals surface area contributed by atoms with Crippen LogP contribution in [0.1, 0.15) is 20.1 Å². The van der Waals surface area contributed by atoms with Crippen LogP contribution in [0.4, 0.5) is 11.4 Å². The fourth-order valence-corrected chi connectivity index (χ4v) is 7.33. The zero-order chi connectivity index (χ0) is 28.1. The van der Waals surface area contributed by atoms with Gasteiger partial charge < -0.3 is 19.3 Å². The number of hydrogen-bond acceptors (Lipinski definition) is 5. The molecule has 0 atom stereocenters. The van der Waals surface area contributed by atoms with E-state index in [1.165, 1.54) is 16.1 Å². The third-order valence-electron chi connectivity index (χ3n) is 8.17. The zero-order valence-electron chi connectivity index (χ0n) is 22.7. The van der Waals surface area contributed by atoms with Crippen molar-refractivity contribution in [1.82, 2.24) is 14.5 Å². The molecule has 0 spiro atoms. The van der Waals surface area contributed by atoms with E-state index in [1.54, 1.807) is 11.3 Å². The van der Waals surface area contributed by atoms with Crippen molar-refractivity contribution in [2.24, 2.45) is 7.05 Å². The van der Waals surface area contributed by atoms with Crippen LogP contribution in [0.25, 0.3) is 22.4 Å². The van der Waals surface area contributed by atoms with E-state index < -0.39 is 0 Å². The predicted octanol–water partition coefficient (Wildman–Crippen LogP) is 7.13. The Hall–Kier alpha value is -3.52. The first kappa shape index (κ1) is 26.4. The molecule has 0 unspecified atom stereocenters. The molecule has 0 N–H and O–H groups in total. The summed E-state index contributed by atoms with van der Waals surface area (Å²) in [5.41, 5.74) is 6.71. The van der Waals surface area contributed by atoms with Crippen LogP contribution < -0.4 is 9.80 Å². The van der Waals surface area contributed by atoms with Gasteiger partial charge in [-0.25, -0.2) is 4.98 Å². The Morgan fingerprint density at radius 2 is 1.63 bits per heavy atom. The quantitative estimate of drug-likeness (QED) is 0.220. The van der Waals surface area contributed by atoms with E-state index in [9.17, 15) is 4.79 Å². The standard InChI is InChI=1S/C32H29Cl2N5OS/c1-36-28-8-3-2-7-27(28)35-31(36)21-5-4-6-23(17-21)39-12-11-29-22(20-39)18-30(41-29)32(40)38-15-13-37(14-16-38)24-9-10-25(33)26(34)19-24/h2-10,17-19H,11-16,20H2,1H3. The van der Waals surface area contributed by atoms with Gasteiger partial charge in [0.05, 0.1) is 26.0 Å². The summed E-state index contributed by atoms with van der Waals surface area (Å²) in [6.45, 7) is 4.63. The highest BCUT2D eigenvalue weighted by Gasteiger charge is 2.27. The Balaban J connectivity index is 1.04. The monoisotopic (exact) mass is 601 g/mol. The van der Waals surface area contributed by atoms with Crippen molar-refractivity contribution in [3.63, 3.8) is 0 Å². The van der Waals surface area contributed by atoms with Gasteiger partial charge in [0.15, 0.2) is 0 Å². The molecular weight excluding hydrogens is 573 g/mol. The third kappa shape index (κ3) is 4.96. The number of para-hydroxylation sites is 2. The summed E-state index contributed by atoms with van der Waals surface area (Å²) in [6, 6.07) is 24.7. The number of aromatic nitrogens is 2. The number of imidazole rings is 1. The smallest absolute Gasteiger partial charge is 0.264 e. The number of amides is 1. The average molecular weight is 603 g/mol. The molecule has 9 heteroatoms. The van der Waals surface area contributed by atoms with Crippen LogP contribution in [-0.2, 0) is 20.0 Å². The number of piperazine rings is 1. The van der Waals surface area contributed by atoms with Crippen molar-refractivity contribution < 1.29 is 4.79 Å². The summed E-state index contributed by atoms with van der Waals surface area (Å²) >= 11 is 14.0. The van der Waals surface area contributed by atoms with Crippen molar-refractivity contribution in [3.8, 4) is 11.4 Å². The van der Waals surface area contributed by atoms with Gasteiger partial charge in [0, 0.05) is 68.1 Å². The SMILES string of the molecule is Cn1c(-c2cccc(N3CCc4sc(C(=O)N5CCN(c6ccc(Cl)c(Cl)c6)CC5)cc4C3)c2)nc2ccccc21. The van der Waals surface area contributed by atoms with Crippen LogP contribution in [0.2, 0.25) is 10.0 Å². The molecule has 2 aliphatic rings.